The van der Waals surface area contributed by atoms with E-state index in [1.165, 1.54) is 0 Å². The topological polar surface area (TPSA) is 63.6 Å². The van der Waals surface area contributed by atoms with E-state index in [-0.39, 0.29) is 6.42 Å². The van der Waals surface area contributed by atoms with Crippen molar-refractivity contribution in [2.75, 3.05) is 27.7 Å². The van der Waals surface area contributed by atoms with Crippen LogP contribution in [0.15, 0.2) is 24.3 Å². The molecule has 0 amide bonds. The summed E-state index contributed by atoms with van der Waals surface area (Å²) >= 11 is 0. The zero-order valence-electron chi connectivity index (χ0n) is 14.5. The van der Waals surface area contributed by atoms with Gasteiger partial charge in [-0.15, -0.1) is 0 Å². The van der Waals surface area contributed by atoms with Crippen molar-refractivity contribution in [3.63, 3.8) is 0 Å². The van der Waals surface area contributed by atoms with Crippen LogP contribution in [-0.2, 0) is 16.0 Å². The normalized spacial score (nSPS) is 12.7. The van der Waals surface area contributed by atoms with E-state index in [1.54, 1.807) is 12.1 Å². The molecule has 1 aromatic rings. The summed E-state index contributed by atoms with van der Waals surface area (Å²) in [5.41, 5.74) is 1.50. The maximum absolute atomic E-state index is 12.5. The van der Waals surface area contributed by atoms with Gasteiger partial charge in [0.2, 0.25) is 0 Å². The van der Waals surface area contributed by atoms with Gasteiger partial charge in [-0.2, -0.15) is 0 Å². The van der Waals surface area contributed by atoms with Crippen molar-refractivity contribution >= 4 is 11.9 Å². The second-order valence-corrected chi connectivity index (χ2v) is 6.86. The second-order valence-electron chi connectivity index (χ2n) is 6.86. The molecule has 0 saturated heterocycles. The molecule has 0 heterocycles. The van der Waals surface area contributed by atoms with E-state index in [0.29, 0.717) is 16.6 Å². The van der Waals surface area contributed by atoms with Crippen molar-refractivity contribution < 1.29 is 23.9 Å². The summed E-state index contributed by atoms with van der Waals surface area (Å²) in [5, 5.41) is 9.04. The molecule has 0 fully saturated rings. The third-order valence-electron chi connectivity index (χ3n) is 3.46. The lowest BCUT2D eigenvalue weighted by molar-refractivity contribution is -0.873. The van der Waals surface area contributed by atoms with Gasteiger partial charge in [-0.25, -0.2) is 4.79 Å². The van der Waals surface area contributed by atoms with E-state index in [0.717, 1.165) is 24.8 Å². The summed E-state index contributed by atoms with van der Waals surface area (Å²) in [7, 11) is 5.83. The van der Waals surface area contributed by atoms with Crippen LogP contribution in [0, 0.1) is 0 Å². The number of esters is 1. The van der Waals surface area contributed by atoms with E-state index in [1.807, 2.05) is 33.3 Å². The summed E-state index contributed by atoms with van der Waals surface area (Å²) in [6.07, 6.45) is 2.05. The molecular formula is C18H28NO4+. The highest BCUT2D eigenvalue weighted by molar-refractivity contribution is 5.91. The van der Waals surface area contributed by atoms with Gasteiger partial charge in [0.25, 0.3) is 0 Å². The van der Waals surface area contributed by atoms with Gasteiger partial charge in [-0.05, 0) is 24.5 Å². The quantitative estimate of drug-likeness (QED) is 0.561. The number of ether oxygens (including phenoxy) is 1. The summed E-state index contributed by atoms with van der Waals surface area (Å²) in [6, 6.07) is 7.38. The number of hydrogen-bond acceptors (Lipinski definition) is 3. The number of hydrogen-bond donors (Lipinski definition) is 1. The number of carboxylic acid groups (broad SMARTS) is 1. The van der Waals surface area contributed by atoms with Crippen molar-refractivity contribution in [1.82, 2.24) is 0 Å². The number of benzene rings is 1. The molecule has 0 aliphatic rings. The fraction of sp³-hybridized carbons (Fsp3) is 0.556. The Morgan fingerprint density at radius 2 is 1.87 bits per heavy atom. The molecule has 1 atom stereocenters. The van der Waals surface area contributed by atoms with Gasteiger partial charge in [0, 0.05) is 0 Å². The van der Waals surface area contributed by atoms with Gasteiger partial charge in [0.15, 0.2) is 6.10 Å². The van der Waals surface area contributed by atoms with Gasteiger partial charge in [0.1, 0.15) is 6.54 Å². The van der Waals surface area contributed by atoms with Crippen LogP contribution in [-0.4, -0.2) is 55.3 Å². The molecule has 5 heteroatoms. The number of carbonyl (C=O) groups is 2. The van der Waals surface area contributed by atoms with E-state index in [2.05, 4.69) is 6.92 Å². The number of quaternary nitrogens is 1. The number of likely N-dealkylation sites (N-methyl/N-ethyl adjacent to an activating group) is 1. The maximum atomic E-state index is 12.5. The number of unbranched alkanes of at least 4 members (excludes halogenated alkanes) is 1. The number of carbonyl (C=O) groups excluding carboxylic acids is 1. The number of carboxylic acids is 1. The van der Waals surface area contributed by atoms with Crippen LogP contribution in [0.4, 0.5) is 0 Å². The van der Waals surface area contributed by atoms with Gasteiger partial charge in [-0.1, -0.05) is 31.5 Å². The zero-order valence-corrected chi connectivity index (χ0v) is 14.5. The Balaban J connectivity index is 2.87. The first kappa shape index (κ1) is 19.2. The monoisotopic (exact) mass is 322 g/mol. The Morgan fingerprint density at radius 1 is 1.22 bits per heavy atom. The SMILES string of the molecule is CCCCc1ccccc1C(=O)OC(CC(=O)O)C[N+](C)(C)C. The second kappa shape index (κ2) is 8.67. The Hall–Kier alpha value is -1.88. The molecule has 0 radical (unpaired) electrons. The van der Waals surface area contributed by atoms with E-state index < -0.39 is 18.0 Å². The van der Waals surface area contributed by atoms with E-state index >= 15 is 0 Å². The zero-order chi connectivity index (χ0) is 17.5. The minimum Gasteiger partial charge on any atom is -0.481 e. The van der Waals surface area contributed by atoms with Crippen LogP contribution in [0.3, 0.4) is 0 Å². The highest BCUT2D eigenvalue weighted by Crippen LogP contribution is 2.16. The molecule has 0 aromatic heterocycles. The molecule has 0 saturated carbocycles. The highest BCUT2D eigenvalue weighted by atomic mass is 16.5. The molecule has 1 rings (SSSR count). The lowest BCUT2D eigenvalue weighted by atomic mass is 10.0. The number of aryl methyl sites for hydroxylation is 1. The predicted octanol–water partition coefficient (Wildman–Crippen LogP) is 2.74. The molecule has 1 unspecified atom stereocenters. The Labute approximate surface area is 138 Å². The minimum atomic E-state index is -0.962. The highest BCUT2D eigenvalue weighted by Gasteiger charge is 2.26. The van der Waals surface area contributed by atoms with Gasteiger partial charge >= 0.3 is 11.9 Å². The summed E-state index contributed by atoms with van der Waals surface area (Å²) in [4.78, 5) is 23.5. The first-order chi connectivity index (χ1) is 10.7. The lowest BCUT2D eigenvalue weighted by Crippen LogP contribution is -2.43. The summed E-state index contributed by atoms with van der Waals surface area (Å²) in [5.74, 6) is -1.40. The first-order valence-corrected chi connectivity index (χ1v) is 8.04. The largest absolute Gasteiger partial charge is 0.481 e. The van der Waals surface area contributed by atoms with Crippen molar-refractivity contribution in [3.05, 3.63) is 35.4 Å². The van der Waals surface area contributed by atoms with Crippen molar-refractivity contribution in [2.24, 2.45) is 0 Å². The van der Waals surface area contributed by atoms with Gasteiger partial charge in [-0.3, -0.25) is 4.79 Å². The summed E-state index contributed by atoms with van der Waals surface area (Å²) < 4.78 is 6.04. The molecule has 0 bridgehead atoms. The van der Waals surface area contributed by atoms with Crippen LogP contribution in [0.25, 0.3) is 0 Å². The molecule has 1 N–H and O–H groups in total. The van der Waals surface area contributed by atoms with Crippen LogP contribution in [0.5, 0.6) is 0 Å². The third kappa shape index (κ3) is 7.28. The molecule has 0 aliphatic heterocycles. The van der Waals surface area contributed by atoms with E-state index in [9.17, 15) is 9.59 Å². The molecule has 0 spiro atoms. The molecule has 23 heavy (non-hydrogen) atoms. The Kier molecular flexibility index (Phi) is 7.23. The van der Waals surface area contributed by atoms with E-state index in [4.69, 9.17) is 9.84 Å². The average Bonchev–Trinajstić information content (AvgIpc) is 2.42. The van der Waals surface area contributed by atoms with Gasteiger partial charge in [0.05, 0.1) is 33.1 Å². The number of aliphatic carboxylic acids is 1. The van der Waals surface area contributed by atoms with Gasteiger partial charge < -0.3 is 14.3 Å². The minimum absolute atomic E-state index is 0.182. The smallest absolute Gasteiger partial charge is 0.338 e. The third-order valence-corrected chi connectivity index (χ3v) is 3.46. The Bertz CT molecular complexity index is 534. The van der Waals surface area contributed by atoms with Crippen molar-refractivity contribution in [1.29, 1.82) is 0 Å². The Morgan fingerprint density at radius 3 is 2.43 bits per heavy atom. The predicted molar refractivity (Wildman–Crippen MR) is 89.4 cm³/mol. The number of rotatable bonds is 9. The van der Waals surface area contributed by atoms with Crippen LogP contribution < -0.4 is 0 Å². The molecule has 1 aromatic carbocycles. The maximum Gasteiger partial charge on any atom is 0.338 e. The van der Waals surface area contributed by atoms with Crippen LogP contribution in [0.2, 0.25) is 0 Å². The number of nitrogens with zero attached hydrogens (tertiary/aromatic N) is 1. The summed E-state index contributed by atoms with van der Waals surface area (Å²) in [6.45, 7) is 2.56. The van der Waals surface area contributed by atoms with Crippen molar-refractivity contribution in [3.8, 4) is 0 Å². The van der Waals surface area contributed by atoms with Crippen molar-refractivity contribution in [2.45, 2.75) is 38.7 Å². The molecular weight excluding hydrogens is 294 g/mol. The lowest BCUT2D eigenvalue weighted by Gasteiger charge is -2.28. The standard InChI is InChI=1S/C18H27NO4/c1-5-6-9-14-10-7-8-11-16(14)18(22)23-15(12-17(20)21)13-19(2,3)4/h7-8,10-11,15H,5-6,9,12-13H2,1-4H3/p+1. The molecule has 0 aliphatic carbocycles. The first-order valence-electron chi connectivity index (χ1n) is 8.04. The fourth-order valence-electron chi connectivity index (χ4n) is 2.47. The molecule has 128 valence electrons. The van der Waals surface area contributed by atoms with Crippen LogP contribution >= 0.6 is 0 Å². The van der Waals surface area contributed by atoms with Crippen LogP contribution in [0.1, 0.15) is 42.1 Å². The average molecular weight is 322 g/mol. The fourth-order valence-corrected chi connectivity index (χ4v) is 2.47. The molecule has 5 nitrogen and oxygen atoms in total.